The van der Waals surface area contributed by atoms with Gasteiger partial charge in [-0.1, -0.05) is 109 Å². The normalized spacial score (nSPS) is 11.7. The molecule has 2 heterocycles. The second kappa shape index (κ2) is 9.37. The number of hydrogen-bond acceptors (Lipinski definition) is 2. The van der Waals surface area contributed by atoms with Crippen molar-refractivity contribution in [3.05, 3.63) is 152 Å². The molecule has 0 bridgehead atoms. The summed E-state index contributed by atoms with van der Waals surface area (Å²) < 4.78 is 2.33. The molecule has 0 aliphatic rings. The highest BCUT2D eigenvalue weighted by atomic mass is 15.0. The van der Waals surface area contributed by atoms with Crippen LogP contribution in [-0.2, 0) is 0 Å². The molecule has 0 aliphatic heterocycles. The van der Waals surface area contributed by atoms with Gasteiger partial charge in [0.15, 0.2) is 0 Å². The van der Waals surface area contributed by atoms with Crippen LogP contribution in [0, 0.1) is 0 Å². The molecule has 0 amide bonds. The van der Waals surface area contributed by atoms with E-state index in [1.165, 1.54) is 43.4 Å². The molecule has 0 radical (unpaired) electrons. The zero-order valence-electron chi connectivity index (χ0n) is 23.3. The molecule has 3 nitrogen and oxygen atoms in total. The number of fused-ring (bicyclic) bond motifs is 6. The van der Waals surface area contributed by atoms with Gasteiger partial charge in [0.25, 0.3) is 0 Å². The third-order valence-corrected chi connectivity index (χ3v) is 8.53. The summed E-state index contributed by atoms with van der Waals surface area (Å²) in [5, 5.41) is 7.28. The molecule has 0 atom stereocenters. The lowest BCUT2D eigenvalue weighted by molar-refractivity contribution is 1.18. The van der Waals surface area contributed by atoms with E-state index in [1.54, 1.807) is 0 Å². The minimum absolute atomic E-state index is 0.868. The fourth-order valence-corrected chi connectivity index (χ4v) is 6.46. The first-order valence-corrected chi connectivity index (χ1v) is 14.6. The van der Waals surface area contributed by atoms with Gasteiger partial charge in [-0.25, -0.2) is 9.97 Å². The maximum atomic E-state index is 5.36. The highest BCUT2D eigenvalue weighted by molar-refractivity contribution is 6.09. The van der Waals surface area contributed by atoms with Crippen molar-refractivity contribution in [2.24, 2.45) is 0 Å². The Kier molecular flexibility index (Phi) is 5.20. The van der Waals surface area contributed by atoms with Gasteiger partial charge in [0.2, 0.25) is 0 Å². The number of nitrogens with zero attached hydrogens (tertiary/aromatic N) is 3. The largest absolute Gasteiger partial charge is 0.309 e. The van der Waals surface area contributed by atoms with Crippen LogP contribution < -0.4 is 0 Å². The van der Waals surface area contributed by atoms with E-state index in [0.717, 1.165) is 39.2 Å². The van der Waals surface area contributed by atoms with Crippen molar-refractivity contribution >= 4 is 54.4 Å². The molecular formula is C40H25N3. The first kappa shape index (κ1) is 23.9. The predicted molar refractivity (Wildman–Crippen MR) is 180 cm³/mol. The molecule has 0 N–H and O–H groups in total. The molecule has 7 aromatic carbocycles. The van der Waals surface area contributed by atoms with Crippen molar-refractivity contribution in [1.82, 2.24) is 14.5 Å². The van der Waals surface area contributed by atoms with Crippen molar-refractivity contribution in [2.75, 3.05) is 0 Å². The lowest BCUT2D eigenvalue weighted by atomic mass is 9.99. The molecule has 3 heteroatoms. The minimum Gasteiger partial charge on any atom is -0.309 e. The van der Waals surface area contributed by atoms with Crippen molar-refractivity contribution in [3.8, 4) is 28.2 Å². The van der Waals surface area contributed by atoms with E-state index in [4.69, 9.17) is 9.97 Å². The van der Waals surface area contributed by atoms with Crippen LogP contribution in [0.2, 0.25) is 0 Å². The van der Waals surface area contributed by atoms with Gasteiger partial charge in [-0.05, 0) is 64.0 Å². The van der Waals surface area contributed by atoms with Crippen LogP contribution in [0.1, 0.15) is 0 Å². The zero-order valence-corrected chi connectivity index (χ0v) is 23.3. The van der Waals surface area contributed by atoms with Gasteiger partial charge in [-0.2, -0.15) is 0 Å². The highest BCUT2D eigenvalue weighted by Gasteiger charge is 2.17. The summed E-state index contributed by atoms with van der Waals surface area (Å²) >= 11 is 0. The van der Waals surface area contributed by atoms with Crippen LogP contribution >= 0.6 is 0 Å². The summed E-state index contributed by atoms with van der Waals surface area (Å²) in [6.45, 7) is 0. The van der Waals surface area contributed by atoms with Gasteiger partial charge in [0, 0.05) is 27.6 Å². The van der Waals surface area contributed by atoms with E-state index in [-0.39, 0.29) is 0 Å². The molecule has 0 unspecified atom stereocenters. The van der Waals surface area contributed by atoms with E-state index >= 15 is 0 Å². The number of rotatable bonds is 3. The number of aromatic nitrogens is 3. The fourth-order valence-electron chi connectivity index (χ4n) is 6.46. The lowest BCUT2D eigenvalue weighted by Crippen LogP contribution is -1.98. The smallest absolute Gasteiger partial charge is 0.0973 e. The Balaban J connectivity index is 1.31. The monoisotopic (exact) mass is 547 g/mol. The maximum Gasteiger partial charge on any atom is 0.0973 e. The molecule has 2 aromatic heterocycles. The third kappa shape index (κ3) is 3.83. The molecule has 9 rings (SSSR count). The Bertz CT molecular complexity index is 2470. The van der Waals surface area contributed by atoms with Gasteiger partial charge in [0.05, 0.1) is 33.5 Å². The van der Waals surface area contributed by atoms with Crippen molar-refractivity contribution < 1.29 is 0 Å². The lowest BCUT2D eigenvalue weighted by Gasteiger charge is -2.14. The molecule has 0 saturated carbocycles. The molecule has 200 valence electrons. The van der Waals surface area contributed by atoms with E-state index in [0.29, 0.717) is 0 Å². The first-order valence-electron chi connectivity index (χ1n) is 14.6. The minimum atomic E-state index is 0.868. The van der Waals surface area contributed by atoms with Crippen LogP contribution in [0.3, 0.4) is 0 Å². The van der Waals surface area contributed by atoms with E-state index in [9.17, 15) is 0 Å². The molecule has 0 aliphatic carbocycles. The molecule has 43 heavy (non-hydrogen) atoms. The average Bonchev–Trinajstić information content (AvgIpc) is 3.41. The number of hydrogen-bond donors (Lipinski definition) is 0. The quantitative estimate of drug-likeness (QED) is 0.220. The predicted octanol–water partition coefficient (Wildman–Crippen LogP) is 10.4. The fraction of sp³-hybridized carbons (Fsp3) is 0. The summed E-state index contributed by atoms with van der Waals surface area (Å²) in [5.74, 6) is 0. The summed E-state index contributed by atoms with van der Waals surface area (Å²) in [5.41, 5.74) is 9.05. The Morgan fingerprint density at radius 3 is 1.44 bits per heavy atom. The van der Waals surface area contributed by atoms with Crippen LogP contribution in [0.15, 0.2) is 152 Å². The van der Waals surface area contributed by atoms with Crippen LogP contribution in [0.5, 0.6) is 0 Å². The van der Waals surface area contributed by atoms with E-state index in [1.807, 2.05) is 0 Å². The number of benzene rings is 7. The highest BCUT2D eigenvalue weighted by Crippen LogP contribution is 2.36. The second-order valence-corrected chi connectivity index (χ2v) is 11.1. The SMILES string of the molecule is c1ccc2cc(-c3nc4ccc(-n5c6ccccc6c6ccccc65)cc4nc3-c3ccc4ccccc4c3)ccc2c1. The zero-order chi connectivity index (χ0) is 28.3. The van der Waals surface area contributed by atoms with Crippen molar-refractivity contribution in [3.63, 3.8) is 0 Å². The molecule has 9 aromatic rings. The Morgan fingerprint density at radius 2 is 0.860 bits per heavy atom. The Hall–Kier alpha value is -5.80. The Labute approximate surface area is 248 Å². The van der Waals surface area contributed by atoms with Crippen molar-refractivity contribution in [1.29, 1.82) is 0 Å². The summed E-state index contributed by atoms with van der Waals surface area (Å²) in [4.78, 5) is 10.6. The maximum absolute atomic E-state index is 5.36. The van der Waals surface area contributed by atoms with Gasteiger partial charge < -0.3 is 4.57 Å². The van der Waals surface area contributed by atoms with Gasteiger partial charge in [-0.3, -0.25) is 0 Å². The van der Waals surface area contributed by atoms with Crippen LogP contribution in [-0.4, -0.2) is 14.5 Å². The average molecular weight is 548 g/mol. The summed E-state index contributed by atoms with van der Waals surface area (Å²) in [6.07, 6.45) is 0. The van der Waals surface area contributed by atoms with Gasteiger partial charge in [0.1, 0.15) is 0 Å². The van der Waals surface area contributed by atoms with E-state index in [2.05, 4.69) is 156 Å². The number of para-hydroxylation sites is 2. The molecule has 0 saturated heterocycles. The third-order valence-electron chi connectivity index (χ3n) is 8.53. The Morgan fingerprint density at radius 1 is 0.372 bits per heavy atom. The molecule has 0 fully saturated rings. The summed E-state index contributed by atoms with van der Waals surface area (Å²) in [7, 11) is 0. The van der Waals surface area contributed by atoms with Gasteiger partial charge in [-0.15, -0.1) is 0 Å². The van der Waals surface area contributed by atoms with Gasteiger partial charge >= 0.3 is 0 Å². The van der Waals surface area contributed by atoms with E-state index < -0.39 is 0 Å². The second-order valence-electron chi connectivity index (χ2n) is 11.1. The molecule has 0 spiro atoms. The van der Waals surface area contributed by atoms with Crippen LogP contribution in [0.25, 0.3) is 82.6 Å². The molecular weight excluding hydrogens is 522 g/mol. The first-order chi connectivity index (χ1) is 21.3. The van der Waals surface area contributed by atoms with Crippen LogP contribution in [0.4, 0.5) is 0 Å². The standard InChI is InChI=1S/C40H25N3/c1-3-11-28-23-30(19-17-26(28)9-1)39-40(31-20-18-27-10-2-4-12-29(27)24-31)42-36-25-32(21-22-35(36)41-39)43-37-15-7-5-13-33(37)34-14-6-8-16-38(34)43/h1-25H. The topological polar surface area (TPSA) is 30.7 Å². The van der Waals surface area contributed by atoms with Crippen molar-refractivity contribution in [2.45, 2.75) is 0 Å². The summed E-state index contributed by atoms with van der Waals surface area (Å²) in [6, 6.07) is 53.7.